The lowest BCUT2D eigenvalue weighted by Crippen LogP contribution is -2.24. The molecule has 0 saturated heterocycles. The van der Waals surface area contributed by atoms with Crippen molar-refractivity contribution in [2.24, 2.45) is 0 Å². The van der Waals surface area contributed by atoms with E-state index in [2.05, 4.69) is 91.3 Å². The summed E-state index contributed by atoms with van der Waals surface area (Å²) in [6.07, 6.45) is 6.21. The molecule has 0 amide bonds. The van der Waals surface area contributed by atoms with Crippen LogP contribution in [0.15, 0.2) is 55.0 Å². The van der Waals surface area contributed by atoms with Gasteiger partial charge in [-0.2, -0.15) is 0 Å². The third kappa shape index (κ3) is 2.92. The molecule has 2 N–H and O–H groups in total. The van der Waals surface area contributed by atoms with Crippen LogP contribution in [0.25, 0.3) is 21.9 Å². The van der Waals surface area contributed by atoms with Crippen molar-refractivity contribution in [2.75, 3.05) is 0 Å². The van der Waals surface area contributed by atoms with Crippen LogP contribution in [-0.2, 0) is 10.8 Å². The van der Waals surface area contributed by atoms with Crippen LogP contribution in [0.4, 0.5) is 0 Å². The second kappa shape index (κ2) is 6.01. The van der Waals surface area contributed by atoms with Gasteiger partial charge < -0.3 is 9.97 Å². The molecule has 0 bridgehead atoms. The first-order valence-corrected chi connectivity index (χ1v) is 9.37. The Labute approximate surface area is 154 Å². The quantitative estimate of drug-likeness (QED) is 0.452. The van der Waals surface area contributed by atoms with E-state index in [0.29, 0.717) is 0 Å². The Balaban J connectivity index is 1.58. The van der Waals surface area contributed by atoms with E-state index in [9.17, 15) is 0 Å². The molecule has 0 spiro atoms. The Hall–Kier alpha value is -2.55. The highest BCUT2D eigenvalue weighted by atomic mass is 14.9. The third-order valence-corrected chi connectivity index (χ3v) is 5.90. The predicted octanol–water partition coefficient (Wildman–Crippen LogP) is 6.08. The molecule has 0 aliphatic rings. The van der Waals surface area contributed by atoms with E-state index in [1.165, 1.54) is 22.0 Å². The molecule has 3 nitrogen and oxygen atoms in total. The fraction of sp³-hybridized carbons (Fsp3) is 0.348. The number of nitrogens with zero attached hydrogens (tertiary/aromatic N) is 1. The zero-order chi connectivity index (χ0) is 18.4. The Morgan fingerprint density at radius 1 is 0.846 bits per heavy atom. The van der Waals surface area contributed by atoms with Crippen LogP contribution in [0.1, 0.15) is 51.7 Å². The van der Waals surface area contributed by atoms with E-state index < -0.39 is 0 Å². The summed E-state index contributed by atoms with van der Waals surface area (Å²) in [5.41, 5.74) is 6.38. The summed E-state index contributed by atoms with van der Waals surface area (Å²) in [7, 11) is 0. The molecule has 0 unspecified atom stereocenters. The lowest BCUT2D eigenvalue weighted by Gasteiger charge is -2.32. The third-order valence-electron chi connectivity index (χ3n) is 5.90. The average Bonchev–Trinajstić information content (AvgIpc) is 3.26. The maximum absolute atomic E-state index is 4.33. The van der Waals surface area contributed by atoms with Crippen molar-refractivity contribution in [3.05, 3.63) is 66.1 Å². The monoisotopic (exact) mass is 345 g/mol. The second-order valence-electron chi connectivity index (χ2n) is 8.65. The minimum absolute atomic E-state index is 0.114. The standard InChI is InChI=1S/C23H27N3/c1-22(2,16-9-10-20-21(13-16)26-15-25-20)11-12-23(3,4)18-14-24-19-8-6-5-7-17(18)19/h5-10,13-15,24H,11-12H2,1-4H3,(H,25,26). The minimum Gasteiger partial charge on any atom is -0.361 e. The number of benzene rings is 2. The summed E-state index contributed by atoms with van der Waals surface area (Å²) in [4.78, 5) is 11.0. The zero-order valence-electron chi connectivity index (χ0n) is 16.1. The van der Waals surface area contributed by atoms with Crippen molar-refractivity contribution in [2.45, 2.75) is 51.4 Å². The van der Waals surface area contributed by atoms with Gasteiger partial charge in [0.2, 0.25) is 0 Å². The Morgan fingerprint density at radius 2 is 1.62 bits per heavy atom. The molecule has 0 fully saturated rings. The van der Waals surface area contributed by atoms with Crippen LogP contribution in [0.2, 0.25) is 0 Å². The summed E-state index contributed by atoms with van der Waals surface area (Å²) in [5.74, 6) is 0. The normalized spacial score (nSPS) is 12.9. The molecule has 134 valence electrons. The fourth-order valence-corrected chi connectivity index (χ4v) is 3.89. The number of aromatic amines is 2. The van der Waals surface area contributed by atoms with Gasteiger partial charge in [-0.25, -0.2) is 4.98 Å². The molecule has 4 aromatic rings. The van der Waals surface area contributed by atoms with Gasteiger partial charge in [0.25, 0.3) is 0 Å². The highest BCUT2D eigenvalue weighted by Gasteiger charge is 2.29. The van der Waals surface area contributed by atoms with Gasteiger partial charge in [-0.05, 0) is 53.0 Å². The van der Waals surface area contributed by atoms with Gasteiger partial charge in [-0.3, -0.25) is 0 Å². The summed E-state index contributed by atoms with van der Waals surface area (Å²) >= 11 is 0. The van der Waals surface area contributed by atoms with Gasteiger partial charge >= 0.3 is 0 Å². The molecule has 0 atom stereocenters. The van der Waals surface area contributed by atoms with E-state index in [0.717, 1.165) is 23.9 Å². The molecule has 26 heavy (non-hydrogen) atoms. The number of aromatic nitrogens is 3. The number of imidazole rings is 1. The van der Waals surface area contributed by atoms with Crippen LogP contribution in [0.3, 0.4) is 0 Å². The lowest BCUT2D eigenvalue weighted by atomic mass is 9.73. The maximum atomic E-state index is 4.33. The SMILES string of the molecule is CC(C)(CCC(C)(C)c1c[nH]c2ccccc12)c1ccc2nc[nH]c2c1. The molecule has 0 radical (unpaired) electrons. The topological polar surface area (TPSA) is 44.5 Å². The number of hydrogen-bond donors (Lipinski definition) is 2. The van der Waals surface area contributed by atoms with Crippen molar-refractivity contribution < 1.29 is 0 Å². The Kier molecular flexibility index (Phi) is 3.91. The smallest absolute Gasteiger partial charge is 0.0931 e. The summed E-state index contributed by atoms with van der Waals surface area (Å²) in [6.45, 7) is 9.40. The van der Waals surface area contributed by atoms with Crippen molar-refractivity contribution >= 4 is 21.9 Å². The van der Waals surface area contributed by atoms with Gasteiger partial charge in [0.05, 0.1) is 17.4 Å². The Morgan fingerprint density at radius 3 is 2.46 bits per heavy atom. The van der Waals surface area contributed by atoms with Gasteiger partial charge in [-0.15, -0.1) is 0 Å². The van der Waals surface area contributed by atoms with E-state index in [-0.39, 0.29) is 10.8 Å². The van der Waals surface area contributed by atoms with Crippen LogP contribution < -0.4 is 0 Å². The number of rotatable bonds is 5. The van der Waals surface area contributed by atoms with Crippen LogP contribution in [0, 0.1) is 0 Å². The summed E-state index contributed by atoms with van der Waals surface area (Å²) in [6, 6.07) is 15.2. The molecule has 2 aromatic heterocycles. The number of hydrogen-bond acceptors (Lipinski definition) is 1. The number of fused-ring (bicyclic) bond motifs is 2. The molecule has 0 aliphatic heterocycles. The fourth-order valence-electron chi connectivity index (χ4n) is 3.89. The molecule has 0 saturated carbocycles. The van der Waals surface area contributed by atoms with Gasteiger partial charge in [0.1, 0.15) is 0 Å². The van der Waals surface area contributed by atoms with E-state index in [4.69, 9.17) is 0 Å². The number of H-pyrrole nitrogens is 2. The van der Waals surface area contributed by atoms with E-state index >= 15 is 0 Å². The molecule has 2 heterocycles. The van der Waals surface area contributed by atoms with Crippen molar-refractivity contribution in [1.82, 2.24) is 15.0 Å². The van der Waals surface area contributed by atoms with Gasteiger partial charge in [0, 0.05) is 17.1 Å². The van der Waals surface area contributed by atoms with Crippen molar-refractivity contribution in [3.8, 4) is 0 Å². The molecule has 4 rings (SSSR count). The highest BCUT2D eigenvalue weighted by Crippen LogP contribution is 2.38. The van der Waals surface area contributed by atoms with Crippen LogP contribution >= 0.6 is 0 Å². The molecule has 2 aromatic carbocycles. The van der Waals surface area contributed by atoms with Crippen molar-refractivity contribution in [3.63, 3.8) is 0 Å². The predicted molar refractivity (Wildman–Crippen MR) is 110 cm³/mol. The van der Waals surface area contributed by atoms with Gasteiger partial charge in [0.15, 0.2) is 0 Å². The first-order chi connectivity index (χ1) is 12.4. The highest BCUT2D eigenvalue weighted by molar-refractivity contribution is 5.84. The maximum Gasteiger partial charge on any atom is 0.0931 e. The van der Waals surface area contributed by atoms with Crippen molar-refractivity contribution in [1.29, 1.82) is 0 Å². The zero-order valence-corrected chi connectivity index (χ0v) is 16.1. The number of para-hydroxylation sites is 1. The Bertz CT molecular complexity index is 1050. The largest absolute Gasteiger partial charge is 0.361 e. The lowest BCUT2D eigenvalue weighted by molar-refractivity contribution is 0.376. The van der Waals surface area contributed by atoms with E-state index in [1.54, 1.807) is 6.33 Å². The second-order valence-corrected chi connectivity index (χ2v) is 8.65. The molecular formula is C23H27N3. The molecular weight excluding hydrogens is 318 g/mol. The number of nitrogens with one attached hydrogen (secondary N) is 2. The first kappa shape index (κ1) is 16.9. The van der Waals surface area contributed by atoms with Crippen LogP contribution in [0.5, 0.6) is 0 Å². The molecule has 0 aliphatic carbocycles. The van der Waals surface area contributed by atoms with Gasteiger partial charge in [-0.1, -0.05) is 52.0 Å². The molecule has 3 heteroatoms. The first-order valence-electron chi connectivity index (χ1n) is 9.37. The average molecular weight is 345 g/mol. The van der Waals surface area contributed by atoms with E-state index in [1.807, 2.05) is 0 Å². The minimum atomic E-state index is 0.114. The summed E-state index contributed by atoms with van der Waals surface area (Å²) in [5, 5.41) is 1.34. The van der Waals surface area contributed by atoms with Crippen LogP contribution in [-0.4, -0.2) is 15.0 Å². The summed E-state index contributed by atoms with van der Waals surface area (Å²) < 4.78 is 0.